The Hall–Kier alpha value is -3.03. The Morgan fingerprint density at radius 2 is 1.78 bits per heavy atom. The topological polar surface area (TPSA) is 94.9 Å². The number of aliphatic hydroxyl groups is 1. The second-order valence-corrected chi connectivity index (χ2v) is 11.7. The molecule has 6 nitrogen and oxygen atoms in total. The molecule has 0 bridgehead atoms. The molecule has 4 N–H and O–H groups in total. The summed E-state index contributed by atoms with van der Waals surface area (Å²) in [5.41, 5.74) is 11.7. The minimum atomic E-state index is -0.619. The summed E-state index contributed by atoms with van der Waals surface area (Å²) in [4.78, 5) is 7.13. The summed E-state index contributed by atoms with van der Waals surface area (Å²) in [6, 6.07) is 0. The van der Waals surface area contributed by atoms with E-state index in [-0.39, 0.29) is 29.0 Å². The van der Waals surface area contributed by atoms with Gasteiger partial charge in [0.15, 0.2) is 11.7 Å². The quantitative estimate of drug-likeness (QED) is 0.140. The maximum absolute atomic E-state index is 16.7. The van der Waals surface area contributed by atoms with E-state index in [1.807, 2.05) is 40.7 Å². The van der Waals surface area contributed by atoms with Crippen LogP contribution in [0.15, 0.2) is 45.6 Å². The van der Waals surface area contributed by atoms with E-state index in [0.717, 1.165) is 43.6 Å². The van der Waals surface area contributed by atoms with Crippen LogP contribution in [0.5, 0.6) is 0 Å². The van der Waals surface area contributed by atoms with Gasteiger partial charge in [0.1, 0.15) is 5.69 Å². The summed E-state index contributed by atoms with van der Waals surface area (Å²) in [5.74, 6) is -0.262. The van der Waals surface area contributed by atoms with Gasteiger partial charge in [-0.05, 0) is 102 Å². The van der Waals surface area contributed by atoms with Crippen molar-refractivity contribution in [2.24, 2.45) is 16.1 Å². The molecule has 1 aromatic carbocycles. The number of likely N-dealkylation sites (tertiary alicyclic amines) is 1. The Morgan fingerprint density at radius 3 is 2.27 bits per heavy atom. The first-order valence-electron chi connectivity index (χ1n) is 14.8. The van der Waals surface area contributed by atoms with Crippen LogP contribution in [0.2, 0.25) is 0 Å². The largest absolute Gasteiger partial charge is 0.480 e. The van der Waals surface area contributed by atoms with Crippen LogP contribution in [0.4, 0.5) is 10.1 Å². The molecule has 224 valence electrons. The first kappa shape index (κ1) is 32.5. The third kappa shape index (κ3) is 7.07. The third-order valence-corrected chi connectivity index (χ3v) is 8.83. The lowest BCUT2D eigenvalue weighted by Crippen LogP contribution is -2.30. The minimum absolute atomic E-state index is 0.0169. The molecule has 0 unspecified atom stereocenters. The fourth-order valence-corrected chi connectivity index (χ4v) is 5.77. The standard InChI is InChI=1S/C34H49FN4O2/c1-9-21(4)22(5)29(23(6)24(7)36)32(37)30-26(10-2)28(18-40)27(11-3)33(31(30)35)38-25(8)41-20-34(14-15-34)19-39-16-12-13-17-39/h9,11,37,40H,3,10,12-20,36H2,1-2,4-8H3/b21-9-,24-23+,29-22-,37-32?,38-25?. The molecule has 1 aliphatic carbocycles. The Morgan fingerprint density at radius 1 is 1.15 bits per heavy atom. The van der Waals surface area contributed by atoms with Crippen LogP contribution in [0.3, 0.4) is 0 Å². The lowest BCUT2D eigenvalue weighted by atomic mass is 9.83. The van der Waals surface area contributed by atoms with Gasteiger partial charge >= 0.3 is 0 Å². The lowest BCUT2D eigenvalue weighted by molar-refractivity contribution is 0.170. The van der Waals surface area contributed by atoms with Crippen molar-refractivity contribution in [3.05, 3.63) is 68.7 Å². The predicted octanol–water partition coefficient (Wildman–Crippen LogP) is 7.37. The van der Waals surface area contributed by atoms with E-state index in [9.17, 15) is 10.5 Å². The van der Waals surface area contributed by atoms with Crippen molar-refractivity contribution in [1.29, 1.82) is 5.41 Å². The molecule has 0 aromatic heterocycles. The molecule has 2 fully saturated rings. The lowest BCUT2D eigenvalue weighted by Gasteiger charge is -2.24. The number of halogens is 1. The molecule has 0 spiro atoms. The van der Waals surface area contributed by atoms with Crippen LogP contribution in [0.1, 0.15) is 96.4 Å². The van der Waals surface area contributed by atoms with E-state index in [4.69, 9.17) is 10.5 Å². The Labute approximate surface area is 246 Å². The van der Waals surface area contributed by atoms with Crippen molar-refractivity contribution in [2.75, 3.05) is 26.2 Å². The number of nitrogens with zero attached hydrogens (tertiary/aromatic N) is 2. The number of rotatable bonds is 12. The van der Waals surface area contributed by atoms with Gasteiger partial charge in [-0.25, -0.2) is 9.38 Å². The summed E-state index contributed by atoms with van der Waals surface area (Å²) < 4.78 is 22.8. The van der Waals surface area contributed by atoms with Crippen LogP contribution in [0, 0.1) is 16.6 Å². The van der Waals surface area contributed by atoms with Gasteiger partial charge in [0, 0.05) is 41.3 Å². The van der Waals surface area contributed by atoms with Crippen molar-refractivity contribution >= 4 is 23.4 Å². The number of allylic oxidation sites excluding steroid dienone is 6. The fraction of sp³-hybridized carbons (Fsp3) is 0.529. The zero-order valence-electron chi connectivity index (χ0n) is 26.1. The van der Waals surface area contributed by atoms with Crippen molar-refractivity contribution < 1.29 is 14.2 Å². The van der Waals surface area contributed by atoms with Crippen molar-refractivity contribution in [3.63, 3.8) is 0 Å². The molecule has 1 saturated carbocycles. The Kier molecular flexibility index (Phi) is 10.9. The molecule has 0 atom stereocenters. The predicted molar refractivity (Wildman–Crippen MR) is 169 cm³/mol. The maximum atomic E-state index is 16.7. The summed E-state index contributed by atoms with van der Waals surface area (Å²) in [6.45, 7) is 20.5. The van der Waals surface area contributed by atoms with Crippen LogP contribution in [0.25, 0.3) is 6.08 Å². The molecular formula is C34H49FN4O2. The van der Waals surface area contributed by atoms with Crippen molar-refractivity contribution in [3.8, 4) is 0 Å². The smallest absolute Gasteiger partial charge is 0.185 e. The van der Waals surface area contributed by atoms with Crippen LogP contribution in [-0.2, 0) is 17.8 Å². The van der Waals surface area contributed by atoms with Gasteiger partial charge in [0.25, 0.3) is 0 Å². The Balaban J connectivity index is 2.13. The number of aliphatic imine (C=N–C) groups is 1. The zero-order valence-corrected chi connectivity index (χ0v) is 26.1. The van der Waals surface area contributed by atoms with Crippen LogP contribution < -0.4 is 5.73 Å². The van der Waals surface area contributed by atoms with Crippen LogP contribution in [-0.4, -0.2) is 47.9 Å². The SMILES string of the molecule is C=Cc1c(CO)c(CC)c(C(=N)C(=C(C)\C(C)=C/C)/C(C)=C(\C)N)c(F)c1N=C(C)OCC1(CN2CCCC2)CC1. The summed E-state index contributed by atoms with van der Waals surface area (Å²) in [6.07, 6.45) is 8.67. The van der Waals surface area contributed by atoms with Gasteiger partial charge in [-0.3, -0.25) is 5.41 Å². The summed E-state index contributed by atoms with van der Waals surface area (Å²) in [7, 11) is 0. The van der Waals surface area contributed by atoms with Crippen molar-refractivity contribution in [1.82, 2.24) is 4.90 Å². The zero-order chi connectivity index (χ0) is 30.5. The van der Waals surface area contributed by atoms with E-state index in [0.29, 0.717) is 52.5 Å². The second-order valence-electron chi connectivity index (χ2n) is 11.7. The number of hydrogen-bond donors (Lipinski definition) is 3. The number of ether oxygens (including phenoxy) is 1. The highest BCUT2D eigenvalue weighted by molar-refractivity contribution is 6.16. The number of nitrogens with one attached hydrogen (secondary N) is 1. The second kappa shape index (κ2) is 13.8. The molecule has 1 aromatic rings. The van der Waals surface area contributed by atoms with E-state index in [2.05, 4.69) is 16.5 Å². The van der Waals surface area contributed by atoms with Gasteiger partial charge < -0.3 is 20.5 Å². The summed E-state index contributed by atoms with van der Waals surface area (Å²) >= 11 is 0. The van der Waals surface area contributed by atoms with Crippen LogP contribution >= 0.6 is 0 Å². The molecule has 0 amide bonds. The number of aliphatic hydroxyl groups excluding tert-OH is 1. The molecule has 0 radical (unpaired) electrons. The first-order chi connectivity index (χ1) is 19.4. The van der Waals surface area contributed by atoms with Gasteiger partial charge in [-0.1, -0.05) is 31.2 Å². The molecule has 1 saturated heterocycles. The highest BCUT2D eigenvalue weighted by Crippen LogP contribution is 2.47. The highest BCUT2D eigenvalue weighted by Gasteiger charge is 2.45. The van der Waals surface area contributed by atoms with Gasteiger partial charge in [0.2, 0.25) is 0 Å². The molecule has 2 aliphatic rings. The first-order valence-corrected chi connectivity index (χ1v) is 14.8. The molecule has 3 rings (SSSR count). The monoisotopic (exact) mass is 564 g/mol. The highest BCUT2D eigenvalue weighted by atomic mass is 19.1. The number of nitrogens with two attached hydrogens (primary N) is 1. The van der Waals surface area contributed by atoms with Gasteiger partial charge in [-0.15, -0.1) is 0 Å². The van der Waals surface area contributed by atoms with Crippen molar-refractivity contribution in [2.45, 2.75) is 87.2 Å². The van der Waals surface area contributed by atoms with Gasteiger partial charge in [0.05, 0.1) is 18.9 Å². The molecule has 1 heterocycles. The normalized spacial score (nSPS) is 18.7. The average molecular weight is 565 g/mol. The van der Waals surface area contributed by atoms with Gasteiger partial charge in [-0.2, -0.15) is 0 Å². The number of benzene rings is 1. The molecule has 41 heavy (non-hydrogen) atoms. The Bertz CT molecular complexity index is 1300. The molecule has 1 aliphatic heterocycles. The van der Waals surface area contributed by atoms with E-state index < -0.39 is 5.82 Å². The molecule has 7 heteroatoms. The third-order valence-electron chi connectivity index (χ3n) is 8.83. The maximum Gasteiger partial charge on any atom is 0.185 e. The fourth-order valence-electron chi connectivity index (χ4n) is 5.77. The molecular weight excluding hydrogens is 515 g/mol. The number of hydrogen-bond acceptors (Lipinski definition) is 6. The summed E-state index contributed by atoms with van der Waals surface area (Å²) in [5, 5.41) is 19.8. The minimum Gasteiger partial charge on any atom is -0.480 e. The average Bonchev–Trinajstić information content (AvgIpc) is 3.53. The van der Waals surface area contributed by atoms with E-state index >= 15 is 4.39 Å². The van der Waals surface area contributed by atoms with E-state index in [1.54, 1.807) is 13.8 Å². The van der Waals surface area contributed by atoms with E-state index in [1.165, 1.54) is 18.9 Å².